The van der Waals surface area contributed by atoms with Crippen LogP contribution in [0.4, 0.5) is 0 Å². The molecule has 0 amide bonds. The average Bonchev–Trinajstić information content (AvgIpc) is 2.35. The van der Waals surface area contributed by atoms with Gasteiger partial charge in [0, 0.05) is 19.6 Å². The Hall–Kier alpha value is -0.860. The number of nitrogens with one attached hydrogen (secondary N) is 1. The molecule has 0 unspecified atom stereocenters. The van der Waals surface area contributed by atoms with Crippen LogP contribution in [0.1, 0.15) is 24.8 Å². The van der Waals surface area contributed by atoms with Crippen LogP contribution in [0.3, 0.4) is 0 Å². The van der Waals surface area contributed by atoms with Crippen molar-refractivity contribution in [2.45, 2.75) is 25.7 Å². The highest BCUT2D eigenvalue weighted by atomic mass is 15.1. The lowest BCUT2D eigenvalue weighted by atomic mass is 9.68. The Balaban J connectivity index is 1.76. The summed E-state index contributed by atoms with van der Waals surface area (Å²) >= 11 is 0. The molecule has 0 spiro atoms. The Morgan fingerprint density at radius 2 is 1.94 bits per heavy atom. The summed E-state index contributed by atoms with van der Waals surface area (Å²) in [5, 5.41) is 3.36. The van der Waals surface area contributed by atoms with E-state index in [0.29, 0.717) is 5.41 Å². The van der Waals surface area contributed by atoms with E-state index in [0.717, 1.165) is 13.0 Å². The van der Waals surface area contributed by atoms with Gasteiger partial charge in [-0.15, -0.1) is 0 Å². The smallest absolute Gasteiger partial charge is 0.00472 e. The van der Waals surface area contributed by atoms with E-state index in [1.165, 1.54) is 37.9 Å². The topological polar surface area (TPSA) is 15.3 Å². The Morgan fingerprint density at radius 3 is 2.50 bits per heavy atom. The fraction of sp³-hybridized carbons (Fsp3) is 0.625. The zero-order valence-electron chi connectivity index (χ0n) is 11.8. The number of likely N-dealkylation sites (N-methyl/N-ethyl adjacent to an activating group) is 1. The second kappa shape index (κ2) is 6.35. The molecular formula is C16H26N2. The van der Waals surface area contributed by atoms with Crippen molar-refractivity contribution in [3.63, 3.8) is 0 Å². The van der Waals surface area contributed by atoms with Crippen LogP contribution in [0.5, 0.6) is 0 Å². The van der Waals surface area contributed by atoms with E-state index >= 15 is 0 Å². The van der Waals surface area contributed by atoms with Gasteiger partial charge in [-0.3, -0.25) is 0 Å². The molecule has 1 aliphatic rings. The van der Waals surface area contributed by atoms with E-state index in [1.807, 2.05) is 0 Å². The first-order chi connectivity index (χ1) is 8.74. The van der Waals surface area contributed by atoms with Crippen LogP contribution in [-0.2, 0) is 6.42 Å². The van der Waals surface area contributed by atoms with Gasteiger partial charge in [-0.1, -0.05) is 36.8 Å². The lowest BCUT2D eigenvalue weighted by Gasteiger charge is -2.44. The lowest BCUT2D eigenvalue weighted by molar-refractivity contribution is 0.0803. The van der Waals surface area contributed by atoms with Gasteiger partial charge in [0.25, 0.3) is 0 Å². The molecule has 1 aromatic rings. The summed E-state index contributed by atoms with van der Waals surface area (Å²) in [6, 6.07) is 10.8. The van der Waals surface area contributed by atoms with Gasteiger partial charge in [-0.2, -0.15) is 0 Å². The number of benzene rings is 1. The van der Waals surface area contributed by atoms with Gasteiger partial charge in [0.15, 0.2) is 0 Å². The first-order valence-electron chi connectivity index (χ1n) is 7.11. The highest BCUT2D eigenvalue weighted by molar-refractivity contribution is 5.14. The highest BCUT2D eigenvalue weighted by Crippen LogP contribution is 2.40. The minimum Gasteiger partial charge on any atom is -0.319 e. The molecule has 1 aromatic carbocycles. The Kier molecular flexibility index (Phi) is 4.79. The maximum atomic E-state index is 3.36. The van der Waals surface area contributed by atoms with E-state index < -0.39 is 0 Å². The molecular weight excluding hydrogens is 220 g/mol. The van der Waals surface area contributed by atoms with E-state index in [1.54, 1.807) is 0 Å². The maximum Gasteiger partial charge on any atom is 0.00472 e. The van der Waals surface area contributed by atoms with E-state index in [4.69, 9.17) is 0 Å². The van der Waals surface area contributed by atoms with Crippen LogP contribution in [0.15, 0.2) is 30.3 Å². The summed E-state index contributed by atoms with van der Waals surface area (Å²) < 4.78 is 0. The second-order valence-electron chi connectivity index (χ2n) is 5.86. The molecule has 0 bridgehead atoms. The van der Waals surface area contributed by atoms with Crippen molar-refractivity contribution in [3.05, 3.63) is 35.9 Å². The van der Waals surface area contributed by atoms with Crippen molar-refractivity contribution >= 4 is 0 Å². The van der Waals surface area contributed by atoms with Crippen LogP contribution in [0.25, 0.3) is 0 Å². The summed E-state index contributed by atoms with van der Waals surface area (Å²) in [7, 11) is 4.34. The molecule has 1 saturated carbocycles. The van der Waals surface area contributed by atoms with Crippen molar-refractivity contribution in [2.75, 3.05) is 33.7 Å². The molecule has 100 valence electrons. The quantitative estimate of drug-likeness (QED) is 0.795. The second-order valence-corrected chi connectivity index (χ2v) is 5.86. The molecule has 1 aliphatic carbocycles. The van der Waals surface area contributed by atoms with Crippen molar-refractivity contribution in [1.82, 2.24) is 10.2 Å². The lowest BCUT2D eigenvalue weighted by Crippen LogP contribution is -2.47. The highest BCUT2D eigenvalue weighted by Gasteiger charge is 2.36. The Labute approximate surface area is 111 Å². The van der Waals surface area contributed by atoms with Crippen molar-refractivity contribution in [1.29, 1.82) is 0 Å². The molecule has 0 atom stereocenters. The molecule has 0 aliphatic heterocycles. The summed E-state index contributed by atoms with van der Waals surface area (Å²) in [6.45, 7) is 3.57. The minimum atomic E-state index is 0.556. The summed E-state index contributed by atoms with van der Waals surface area (Å²) in [4.78, 5) is 2.50. The molecule has 0 aromatic heterocycles. The normalized spacial score (nSPS) is 17.7. The van der Waals surface area contributed by atoms with Crippen LogP contribution in [0.2, 0.25) is 0 Å². The minimum absolute atomic E-state index is 0.556. The van der Waals surface area contributed by atoms with Crippen molar-refractivity contribution < 1.29 is 0 Å². The third-order valence-corrected chi connectivity index (χ3v) is 4.20. The summed E-state index contributed by atoms with van der Waals surface area (Å²) in [5.74, 6) is 0. The van der Waals surface area contributed by atoms with E-state index in [2.05, 4.69) is 54.6 Å². The molecule has 18 heavy (non-hydrogen) atoms. The van der Waals surface area contributed by atoms with Gasteiger partial charge in [-0.25, -0.2) is 0 Å². The van der Waals surface area contributed by atoms with E-state index in [-0.39, 0.29) is 0 Å². The van der Waals surface area contributed by atoms with Crippen LogP contribution in [-0.4, -0.2) is 38.6 Å². The third-order valence-electron chi connectivity index (χ3n) is 4.20. The predicted molar refractivity (Wildman–Crippen MR) is 77.9 cm³/mol. The van der Waals surface area contributed by atoms with Crippen LogP contribution < -0.4 is 5.32 Å². The Morgan fingerprint density at radius 1 is 1.22 bits per heavy atom. The number of hydrogen-bond acceptors (Lipinski definition) is 2. The number of nitrogens with zero attached hydrogens (tertiary/aromatic N) is 1. The zero-order chi connectivity index (χ0) is 12.8. The SMILES string of the molecule is CNCC1(CN(C)CCc2ccccc2)CCC1. The molecule has 0 saturated heterocycles. The van der Waals surface area contributed by atoms with Gasteiger partial charge in [0.05, 0.1) is 0 Å². The standard InChI is InChI=1S/C16H26N2/c1-17-13-16(10-6-11-16)14-18(2)12-9-15-7-4-3-5-8-15/h3-5,7-8,17H,6,9-14H2,1-2H3. The molecule has 1 N–H and O–H groups in total. The first-order valence-corrected chi connectivity index (χ1v) is 7.11. The number of rotatable bonds is 7. The van der Waals surface area contributed by atoms with Gasteiger partial charge in [0.1, 0.15) is 0 Å². The molecule has 0 heterocycles. The fourth-order valence-corrected chi connectivity index (χ4v) is 3.06. The molecule has 1 fully saturated rings. The van der Waals surface area contributed by atoms with Crippen molar-refractivity contribution in [3.8, 4) is 0 Å². The summed E-state index contributed by atoms with van der Waals surface area (Å²) in [5.41, 5.74) is 2.00. The first kappa shape index (κ1) is 13.6. The zero-order valence-corrected chi connectivity index (χ0v) is 11.8. The van der Waals surface area contributed by atoms with Crippen molar-refractivity contribution in [2.24, 2.45) is 5.41 Å². The average molecular weight is 246 g/mol. The van der Waals surface area contributed by atoms with E-state index in [9.17, 15) is 0 Å². The van der Waals surface area contributed by atoms with Gasteiger partial charge >= 0.3 is 0 Å². The van der Waals surface area contributed by atoms with Crippen LogP contribution in [0, 0.1) is 5.41 Å². The predicted octanol–water partition coefficient (Wildman–Crippen LogP) is 2.55. The van der Waals surface area contributed by atoms with Crippen LogP contribution >= 0.6 is 0 Å². The maximum absolute atomic E-state index is 3.36. The molecule has 2 nitrogen and oxygen atoms in total. The molecule has 0 radical (unpaired) electrons. The summed E-state index contributed by atoms with van der Waals surface area (Å²) in [6.07, 6.45) is 5.36. The fourth-order valence-electron chi connectivity index (χ4n) is 3.06. The monoisotopic (exact) mass is 246 g/mol. The molecule has 2 rings (SSSR count). The largest absolute Gasteiger partial charge is 0.319 e. The third kappa shape index (κ3) is 3.56. The number of hydrogen-bond donors (Lipinski definition) is 1. The Bertz CT molecular complexity index is 343. The van der Waals surface area contributed by atoms with Gasteiger partial charge in [-0.05, 0) is 44.3 Å². The van der Waals surface area contributed by atoms with Gasteiger partial charge in [0.2, 0.25) is 0 Å². The molecule has 2 heteroatoms. The van der Waals surface area contributed by atoms with Gasteiger partial charge < -0.3 is 10.2 Å².